The molecule has 0 aromatic heterocycles. The Balaban J connectivity index is 2.31. The number of aliphatic hydroxyl groups excluding tert-OH is 2. The maximum Gasteiger partial charge on any atom is 0.255 e. The first kappa shape index (κ1) is 20.6. The van der Waals surface area contributed by atoms with Crippen LogP contribution in [0.15, 0.2) is 42.5 Å². The van der Waals surface area contributed by atoms with Crippen LogP contribution < -0.4 is 5.73 Å². The van der Waals surface area contributed by atoms with Crippen LogP contribution in [0.25, 0.3) is 0 Å². The van der Waals surface area contributed by atoms with Crippen molar-refractivity contribution in [3.63, 3.8) is 0 Å². The topological polar surface area (TPSA) is 104 Å². The average molecular weight is 423 g/mol. The second-order valence-electron chi connectivity index (χ2n) is 6.78. The summed E-state index contributed by atoms with van der Waals surface area (Å²) in [5.74, 6) is -1.99. The summed E-state index contributed by atoms with van der Waals surface area (Å²) in [4.78, 5) is 27.1. The summed E-state index contributed by atoms with van der Waals surface area (Å²) in [7, 11) is 0. The molecular weight excluding hydrogens is 403 g/mol. The first-order valence-corrected chi connectivity index (χ1v) is 9.48. The van der Waals surface area contributed by atoms with E-state index in [2.05, 4.69) is 0 Å². The van der Waals surface area contributed by atoms with Gasteiger partial charge < -0.3 is 20.8 Å². The molecule has 0 unspecified atom stereocenters. The monoisotopic (exact) mass is 422 g/mol. The van der Waals surface area contributed by atoms with Crippen molar-refractivity contribution in [3.05, 3.63) is 69.2 Å². The minimum atomic E-state index is -1.05. The Bertz CT molecular complexity index is 919. The van der Waals surface area contributed by atoms with Gasteiger partial charge in [0.1, 0.15) is 0 Å². The van der Waals surface area contributed by atoms with E-state index in [9.17, 15) is 19.8 Å². The summed E-state index contributed by atoms with van der Waals surface area (Å²) < 4.78 is 0. The molecule has 0 fully saturated rings. The molecule has 1 aliphatic rings. The molecule has 6 nitrogen and oxygen atoms in total. The van der Waals surface area contributed by atoms with Gasteiger partial charge in [-0.3, -0.25) is 9.59 Å². The molecule has 1 aliphatic heterocycles. The molecule has 0 spiro atoms. The number of rotatable bonds is 5. The number of benzene rings is 2. The van der Waals surface area contributed by atoms with Crippen molar-refractivity contribution in [2.75, 3.05) is 6.61 Å². The number of halogens is 2. The second-order valence-corrected chi connectivity index (χ2v) is 7.62. The molecule has 2 amide bonds. The van der Waals surface area contributed by atoms with Gasteiger partial charge in [0.25, 0.3) is 5.91 Å². The molecule has 2 aromatic rings. The summed E-state index contributed by atoms with van der Waals surface area (Å²) in [6.45, 7) is 0.966. The number of nitrogens with two attached hydrogens (primary N) is 1. The Morgan fingerprint density at radius 2 is 1.89 bits per heavy atom. The number of primary amides is 1. The highest BCUT2D eigenvalue weighted by atomic mass is 35.5. The molecule has 3 rings (SSSR count). The van der Waals surface area contributed by atoms with E-state index in [0.29, 0.717) is 21.7 Å². The quantitative estimate of drug-likeness (QED) is 0.688. The predicted molar refractivity (Wildman–Crippen MR) is 106 cm³/mol. The molecule has 0 bridgehead atoms. The Labute approximate surface area is 172 Å². The normalized spacial score (nSPS) is 21.2. The fourth-order valence-corrected chi connectivity index (χ4v) is 4.29. The van der Waals surface area contributed by atoms with Crippen LogP contribution in [0.2, 0.25) is 10.0 Å². The van der Waals surface area contributed by atoms with Gasteiger partial charge in [-0.25, -0.2) is 0 Å². The zero-order valence-corrected chi connectivity index (χ0v) is 16.6. The lowest BCUT2D eigenvalue weighted by molar-refractivity contribution is -0.121. The third-order valence-corrected chi connectivity index (χ3v) is 5.63. The third-order valence-electron chi connectivity index (χ3n) is 5.07. The minimum absolute atomic E-state index is 0.253. The molecule has 4 atom stereocenters. The molecule has 28 heavy (non-hydrogen) atoms. The first-order valence-electron chi connectivity index (χ1n) is 8.72. The fraction of sp³-hybridized carbons (Fsp3) is 0.300. The van der Waals surface area contributed by atoms with E-state index >= 15 is 0 Å². The van der Waals surface area contributed by atoms with E-state index < -0.39 is 42.5 Å². The van der Waals surface area contributed by atoms with Crippen LogP contribution >= 0.6 is 23.2 Å². The minimum Gasteiger partial charge on any atom is -0.394 e. The van der Waals surface area contributed by atoms with Gasteiger partial charge in [0, 0.05) is 15.6 Å². The molecule has 0 saturated heterocycles. The largest absolute Gasteiger partial charge is 0.394 e. The van der Waals surface area contributed by atoms with Crippen LogP contribution in [-0.2, 0) is 4.79 Å². The van der Waals surface area contributed by atoms with Crippen molar-refractivity contribution >= 4 is 35.0 Å². The highest BCUT2D eigenvalue weighted by Gasteiger charge is 2.47. The van der Waals surface area contributed by atoms with E-state index in [1.54, 1.807) is 36.4 Å². The Morgan fingerprint density at radius 1 is 1.21 bits per heavy atom. The molecule has 1 heterocycles. The van der Waals surface area contributed by atoms with Crippen molar-refractivity contribution in [2.45, 2.75) is 31.0 Å². The average Bonchev–Trinajstić information content (AvgIpc) is 2.63. The van der Waals surface area contributed by atoms with Crippen LogP contribution in [-0.4, -0.2) is 45.7 Å². The maximum absolute atomic E-state index is 13.3. The highest BCUT2D eigenvalue weighted by molar-refractivity contribution is 6.35. The van der Waals surface area contributed by atoms with Crippen molar-refractivity contribution in [2.24, 2.45) is 5.73 Å². The zero-order chi connectivity index (χ0) is 20.6. The lowest BCUT2D eigenvalue weighted by Crippen LogP contribution is -2.55. The van der Waals surface area contributed by atoms with Crippen LogP contribution in [0.4, 0.5) is 0 Å². The number of aliphatic hydroxyl groups is 2. The van der Waals surface area contributed by atoms with Crippen molar-refractivity contribution in [1.29, 1.82) is 0 Å². The standard InChI is InChI=1S/C20H20Cl2N2O4/c1-10(26)16(9-25)24-18(14-7-6-11(21)8-15(14)22)17(19(23)27)12-4-2-3-5-13(12)20(24)28/h2-8,10,16-18,25-26H,9H2,1H3,(H2,23,27)/t10-,16-,17+,18-/m0/s1. The SMILES string of the molecule is C[C@H](O)[C@H](CO)N1C(=O)c2ccccc2[C@@H](C(N)=O)[C@@H]1c1ccc(Cl)cc1Cl. The predicted octanol–water partition coefficient (Wildman–Crippen LogP) is 2.50. The summed E-state index contributed by atoms with van der Waals surface area (Å²) >= 11 is 12.4. The lowest BCUT2D eigenvalue weighted by atomic mass is 9.78. The highest BCUT2D eigenvalue weighted by Crippen LogP contribution is 2.46. The van der Waals surface area contributed by atoms with Crippen LogP contribution in [0.1, 0.15) is 40.4 Å². The van der Waals surface area contributed by atoms with E-state index in [-0.39, 0.29) is 5.02 Å². The van der Waals surface area contributed by atoms with Gasteiger partial charge in [0.15, 0.2) is 0 Å². The summed E-state index contributed by atoms with van der Waals surface area (Å²) in [6.07, 6.45) is -1.05. The van der Waals surface area contributed by atoms with E-state index in [1.165, 1.54) is 17.9 Å². The fourth-order valence-electron chi connectivity index (χ4n) is 3.77. The van der Waals surface area contributed by atoms with Gasteiger partial charge in [-0.05, 0) is 36.2 Å². The molecule has 0 radical (unpaired) electrons. The number of carbonyl (C=O) groups is 2. The zero-order valence-electron chi connectivity index (χ0n) is 15.0. The molecule has 0 aliphatic carbocycles. The number of nitrogens with zero attached hydrogens (tertiary/aromatic N) is 1. The number of hydrogen-bond donors (Lipinski definition) is 3. The van der Waals surface area contributed by atoms with Gasteiger partial charge in [0.05, 0.1) is 30.7 Å². The first-order chi connectivity index (χ1) is 13.3. The summed E-state index contributed by atoms with van der Waals surface area (Å²) in [6, 6.07) is 9.53. The van der Waals surface area contributed by atoms with Crippen LogP contribution in [0, 0.1) is 0 Å². The van der Waals surface area contributed by atoms with Crippen LogP contribution in [0.5, 0.6) is 0 Å². The molecule has 148 valence electrons. The van der Waals surface area contributed by atoms with Gasteiger partial charge in [-0.2, -0.15) is 0 Å². The Hall–Kier alpha value is -2.12. The van der Waals surface area contributed by atoms with E-state index in [0.717, 1.165) is 0 Å². The number of hydrogen-bond acceptors (Lipinski definition) is 4. The van der Waals surface area contributed by atoms with Crippen molar-refractivity contribution in [1.82, 2.24) is 4.90 Å². The van der Waals surface area contributed by atoms with E-state index in [1.807, 2.05) is 0 Å². The van der Waals surface area contributed by atoms with Gasteiger partial charge >= 0.3 is 0 Å². The van der Waals surface area contributed by atoms with Gasteiger partial charge in [-0.1, -0.05) is 47.5 Å². The van der Waals surface area contributed by atoms with E-state index in [4.69, 9.17) is 28.9 Å². The Morgan fingerprint density at radius 3 is 2.46 bits per heavy atom. The summed E-state index contributed by atoms with van der Waals surface area (Å²) in [5.41, 5.74) is 6.98. The smallest absolute Gasteiger partial charge is 0.255 e. The second kappa shape index (κ2) is 8.09. The number of carbonyl (C=O) groups excluding carboxylic acids is 2. The van der Waals surface area contributed by atoms with Crippen LogP contribution in [0.3, 0.4) is 0 Å². The Kier molecular flexibility index (Phi) is 5.95. The molecule has 0 saturated carbocycles. The molecule has 8 heteroatoms. The molecular formula is C20H20Cl2N2O4. The number of fused-ring (bicyclic) bond motifs is 1. The molecule has 2 aromatic carbocycles. The van der Waals surface area contributed by atoms with Crippen molar-refractivity contribution < 1.29 is 19.8 Å². The summed E-state index contributed by atoms with van der Waals surface area (Å²) in [5, 5.41) is 20.8. The van der Waals surface area contributed by atoms with Crippen molar-refractivity contribution in [3.8, 4) is 0 Å². The maximum atomic E-state index is 13.3. The van der Waals surface area contributed by atoms with Gasteiger partial charge in [-0.15, -0.1) is 0 Å². The molecule has 4 N–H and O–H groups in total. The number of amides is 2. The third kappa shape index (κ3) is 3.49. The van der Waals surface area contributed by atoms with Gasteiger partial charge in [0.2, 0.25) is 5.91 Å². The lowest BCUT2D eigenvalue weighted by Gasteiger charge is -2.45.